The van der Waals surface area contributed by atoms with Gasteiger partial charge >= 0.3 is 0 Å². The van der Waals surface area contributed by atoms with Gasteiger partial charge in [-0.15, -0.1) is 11.3 Å². The molecular weight excluding hydrogens is 184 g/mol. The molecule has 0 unspecified atom stereocenters. The number of piperidine rings is 1. The van der Waals surface area contributed by atoms with E-state index in [1.165, 1.54) is 0 Å². The van der Waals surface area contributed by atoms with Crippen LogP contribution in [0.2, 0.25) is 0 Å². The zero-order valence-electron chi connectivity index (χ0n) is 7.44. The molecule has 0 spiro atoms. The summed E-state index contributed by atoms with van der Waals surface area (Å²) in [6.07, 6.45) is 1.60. The fourth-order valence-electron chi connectivity index (χ4n) is 1.66. The number of rotatable bonds is 1. The lowest BCUT2D eigenvalue weighted by atomic mass is 10.1. The van der Waals surface area contributed by atoms with Crippen molar-refractivity contribution in [1.82, 2.24) is 0 Å². The van der Waals surface area contributed by atoms with Gasteiger partial charge in [-0.2, -0.15) is 0 Å². The number of thiophene rings is 1. The van der Waals surface area contributed by atoms with Crippen molar-refractivity contribution in [2.24, 2.45) is 0 Å². The van der Waals surface area contributed by atoms with Gasteiger partial charge in [0.2, 0.25) is 0 Å². The second kappa shape index (κ2) is 3.55. The van der Waals surface area contributed by atoms with E-state index in [0.29, 0.717) is 0 Å². The van der Waals surface area contributed by atoms with Crippen molar-refractivity contribution >= 4 is 22.7 Å². The number of nitrogens with two attached hydrogens (primary N) is 1. The number of aliphatic hydroxyl groups is 1. The number of hydrogen-bond acceptors (Lipinski definition) is 4. The second-order valence-electron chi connectivity index (χ2n) is 3.43. The van der Waals surface area contributed by atoms with Gasteiger partial charge in [-0.25, -0.2) is 0 Å². The predicted octanol–water partition coefficient (Wildman–Crippen LogP) is 1.29. The maximum absolute atomic E-state index is 9.34. The molecule has 1 fully saturated rings. The minimum atomic E-state index is -0.115. The molecule has 0 aliphatic carbocycles. The monoisotopic (exact) mass is 198 g/mol. The van der Waals surface area contributed by atoms with E-state index in [2.05, 4.69) is 10.3 Å². The highest BCUT2D eigenvalue weighted by Gasteiger charge is 2.18. The van der Waals surface area contributed by atoms with Gasteiger partial charge in [0.15, 0.2) is 0 Å². The molecule has 2 heterocycles. The molecule has 2 rings (SSSR count). The van der Waals surface area contributed by atoms with E-state index in [4.69, 9.17) is 5.73 Å². The lowest BCUT2D eigenvalue weighted by Gasteiger charge is -2.31. The fourth-order valence-corrected chi connectivity index (χ4v) is 2.41. The van der Waals surface area contributed by atoms with Crippen LogP contribution >= 0.6 is 11.3 Å². The highest BCUT2D eigenvalue weighted by atomic mass is 32.1. The average Bonchev–Trinajstić information content (AvgIpc) is 2.53. The Balaban J connectivity index is 2.06. The van der Waals surface area contributed by atoms with Crippen LogP contribution in [0.25, 0.3) is 0 Å². The summed E-state index contributed by atoms with van der Waals surface area (Å²) >= 11 is 1.63. The van der Waals surface area contributed by atoms with E-state index in [-0.39, 0.29) is 6.10 Å². The van der Waals surface area contributed by atoms with Crippen molar-refractivity contribution in [3.05, 3.63) is 10.8 Å². The molecule has 72 valence electrons. The smallest absolute Gasteiger partial charge is 0.0708 e. The lowest BCUT2D eigenvalue weighted by molar-refractivity contribution is 0.145. The van der Waals surface area contributed by atoms with E-state index >= 15 is 0 Å². The van der Waals surface area contributed by atoms with Gasteiger partial charge in [0, 0.05) is 23.8 Å². The summed E-state index contributed by atoms with van der Waals surface area (Å²) in [6.45, 7) is 1.84. The number of anilines is 2. The number of nitrogens with zero attached hydrogens (tertiary/aromatic N) is 1. The molecule has 3 nitrogen and oxygen atoms in total. The zero-order chi connectivity index (χ0) is 9.26. The van der Waals surface area contributed by atoms with Gasteiger partial charge in [-0.3, -0.25) is 0 Å². The summed E-state index contributed by atoms with van der Waals surface area (Å²) in [7, 11) is 0. The first-order chi connectivity index (χ1) is 6.27. The second-order valence-corrected chi connectivity index (χ2v) is 4.17. The summed E-state index contributed by atoms with van der Waals surface area (Å²) < 4.78 is 0. The van der Waals surface area contributed by atoms with Gasteiger partial charge in [0.25, 0.3) is 0 Å². The Kier molecular flexibility index (Phi) is 2.42. The Morgan fingerprint density at radius 1 is 1.38 bits per heavy atom. The third-order valence-electron chi connectivity index (χ3n) is 2.48. The average molecular weight is 198 g/mol. The zero-order valence-corrected chi connectivity index (χ0v) is 8.26. The van der Waals surface area contributed by atoms with E-state index in [1.54, 1.807) is 11.3 Å². The molecule has 3 N–H and O–H groups in total. The van der Waals surface area contributed by atoms with Crippen LogP contribution < -0.4 is 10.6 Å². The van der Waals surface area contributed by atoms with Crippen molar-refractivity contribution in [1.29, 1.82) is 0 Å². The van der Waals surface area contributed by atoms with Crippen LogP contribution in [0.3, 0.4) is 0 Å². The first kappa shape index (κ1) is 8.84. The van der Waals surface area contributed by atoms with Crippen LogP contribution in [-0.4, -0.2) is 24.3 Å². The Morgan fingerprint density at radius 2 is 2.08 bits per heavy atom. The molecule has 1 saturated heterocycles. The van der Waals surface area contributed by atoms with Gasteiger partial charge in [0.05, 0.1) is 17.5 Å². The molecule has 1 aliphatic rings. The first-order valence-electron chi connectivity index (χ1n) is 4.52. The fraction of sp³-hybridized carbons (Fsp3) is 0.556. The molecule has 0 atom stereocenters. The lowest BCUT2D eigenvalue weighted by Crippen LogP contribution is -2.35. The normalized spacial score (nSPS) is 19.3. The summed E-state index contributed by atoms with van der Waals surface area (Å²) in [5, 5.41) is 13.4. The van der Waals surface area contributed by atoms with Crippen molar-refractivity contribution in [2.75, 3.05) is 23.7 Å². The maximum atomic E-state index is 9.34. The Bertz CT molecular complexity index is 279. The minimum absolute atomic E-state index is 0.115. The number of nitrogen functional groups attached to an aromatic ring is 1. The van der Waals surface area contributed by atoms with Crippen molar-refractivity contribution in [2.45, 2.75) is 18.9 Å². The van der Waals surface area contributed by atoms with Crippen molar-refractivity contribution in [3.8, 4) is 0 Å². The molecule has 1 aromatic rings. The summed E-state index contributed by atoms with van der Waals surface area (Å²) in [6, 6.07) is 0. The SMILES string of the molecule is Nc1cscc1N1CCC(O)CC1. The van der Waals surface area contributed by atoms with Crippen LogP contribution in [0.4, 0.5) is 11.4 Å². The van der Waals surface area contributed by atoms with Crippen LogP contribution in [0.5, 0.6) is 0 Å². The Labute approximate surface area is 81.8 Å². The number of hydrogen-bond donors (Lipinski definition) is 2. The van der Waals surface area contributed by atoms with E-state index in [1.807, 2.05) is 5.38 Å². The van der Waals surface area contributed by atoms with E-state index < -0.39 is 0 Å². The van der Waals surface area contributed by atoms with Crippen LogP contribution in [0.15, 0.2) is 10.8 Å². The predicted molar refractivity (Wildman–Crippen MR) is 56.2 cm³/mol. The van der Waals surface area contributed by atoms with Crippen molar-refractivity contribution < 1.29 is 5.11 Å². The molecule has 1 aromatic heterocycles. The number of aliphatic hydroxyl groups excluding tert-OH is 1. The van der Waals surface area contributed by atoms with Crippen LogP contribution in [0, 0.1) is 0 Å². The molecule has 0 amide bonds. The molecule has 0 saturated carbocycles. The quantitative estimate of drug-likeness (QED) is 0.715. The summed E-state index contributed by atoms with van der Waals surface area (Å²) in [4.78, 5) is 2.25. The minimum Gasteiger partial charge on any atom is -0.396 e. The maximum Gasteiger partial charge on any atom is 0.0708 e. The third-order valence-corrected chi connectivity index (χ3v) is 3.22. The van der Waals surface area contributed by atoms with Gasteiger partial charge in [0.1, 0.15) is 0 Å². The summed E-state index contributed by atoms with van der Waals surface area (Å²) in [5.74, 6) is 0. The Hall–Kier alpha value is -0.740. The van der Waals surface area contributed by atoms with Crippen molar-refractivity contribution in [3.63, 3.8) is 0 Å². The topological polar surface area (TPSA) is 49.5 Å². The molecule has 0 radical (unpaired) electrons. The highest BCUT2D eigenvalue weighted by Crippen LogP contribution is 2.29. The molecule has 13 heavy (non-hydrogen) atoms. The molecule has 4 heteroatoms. The molecule has 0 bridgehead atoms. The summed E-state index contributed by atoms with van der Waals surface area (Å²) in [5.41, 5.74) is 7.81. The first-order valence-corrected chi connectivity index (χ1v) is 5.46. The van der Waals surface area contributed by atoms with Crippen LogP contribution in [-0.2, 0) is 0 Å². The van der Waals surface area contributed by atoms with Gasteiger partial charge in [-0.05, 0) is 12.8 Å². The molecule has 1 aliphatic heterocycles. The standard InChI is InChI=1S/C9H14N2OS/c10-8-5-13-6-9(8)11-3-1-7(12)2-4-11/h5-7,12H,1-4,10H2. The van der Waals surface area contributed by atoms with E-state index in [9.17, 15) is 5.11 Å². The van der Waals surface area contributed by atoms with Gasteiger partial charge < -0.3 is 15.7 Å². The third kappa shape index (κ3) is 1.78. The molecular formula is C9H14N2OS. The highest BCUT2D eigenvalue weighted by molar-refractivity contribution is 7.08. The van der Waals surface area contributed by atoms with Gasteiger partial charge in [-0.1, -0.05) is 0 Å². The largest absolute Gasteiger partial charge is 0.396 e. The molecule has 0 aromatic carbocycles. The van der Waals surface area contributed by atoms with E-state index in [0.717, 1.165) is 37.3 Å². The Morgan fingerprint density at radius 3 is 2.62 bits per heavy atom. The van der Waals surface area contributed by atoms with Crippen LogP contribution in [0.1, 0.15) is 12.8 Å².